The highest BCUT2D eigenvalue weighted by Crippen LogP contribution is 2.39. The number of aromatic nitrogens is 4. The van der Waals surface area contributed by atoms with E-state index in [9.17, 15) is 14.4 Å². The number of esters is 1. The Bertz CT molecular complexity index is 1620. The first-order chi connectivity index (χ1) is 24.9. The third-order valence-electron chi connectivity index (χ3n) is 8.88. The van der Waals surface area contributed by atoms with Gasteiger partial charge in [0.25, 0.3) is 10.7 Å². The molecule has 0 bridgehead atoms. The molecule has 3 atom stereocenters. The predicted octanol–water partition coefficient (Wildman–Crippen LogP) is 8.66. The van der Waals surface area contributed by atoms with E-state index >= 15 is 0 Å². The quantitative estimate of drug-likeness (QED) is 0.0264. The Morgan fingerprint density at radius 3 is 2.00 bits per heavy atom. The molecule has 1 aromatic heterocycles. The minimum atomic E-state index is -2.44. The number of ether oxygens (including phenoxy) is 2. The molecule has 272 valence electrons. The van der Waals surface area contributed by atoms with Gasteiger partial charge in [0, 0.05) is 18.4 Å². The van der Waals surface area contributed by atoms with Crippen molar-refractivity contribution in [3.05, 3.63) is 96.6 Å². The van der Waals surface area contributed by atoms with Crippen molar-refractivity contribution >= 4 is 35.1 Å². The summed E-state index contributed by atoms with van der Waals surface area (Å²) < 4.78 is 10.8. The van der Waals surface area contributed by atoms with Crippen LogP contribution in [0.1, 0.15) is 101 Å². The number of methoxy groups -OCH3 is 1. The summed E-state index contributed by atoms with van der Waals surface area (Å²) in [5, 5.41) is 15.1. The van der Waals surface area contributed by atoms with Crippen molar-refractivity contribution in [1.29, 1.82) is 0 Å². The number of thioether (sulfide) groups is 1. The average molecular weight is 714 g/mol. The monoisotopic (exact) mass is 713 g/mol. The predicted molar refractivity (Wildman–Crippen MR) is 201 cm³/mol. The lowest BCUT2D eigenvalue weighted by atomic mass is 9.95. The fourth-order valence-electron chi connectivity index (χ4n) is 5.78. The smallest absolute Gasteiger partial charge is 0.340 e. The normalized spacial score (nSPS) is 13.5. The zero-order chi connectivity index (χ0) is 36.3. The van der Waals surface area contributed by atoms with Gasteiger partial charge in [0.1, 0.15) is 6.10 Å². The van der Waals surface area contributed by atoms with Crippen molar-refractivity contribution < 1.29 is 23.9 Å². The number of unbranched alkanes of at least 4 members (excludes halogenated alkanes) is 8. The second-order valence-electron chi connectivity index (χ2n) is 12.8. The number of tetrazole rings is 1. The van der Waals surface area contributed by atoms with E-state index < -0.39 is 28.5 Å². The zero-order valence-corrected chi connectivity index (χ0v) is 30.9. The van der Waals surface area contributed by atoms with Gasteiger partial charge < -0.3 is 14.8 Å². The van der Waals surface area contributed by atoms with Crippen LogP contribution in [0.4, 0.5) is 5.69 Å². The van der Waals surface area contributed by atoms with Crippen LogP contribution in [0.2, 0.25) is 0 Å². The van der Waals surface area contributed by atoms with Gasteiger partial charge in [-0.2, -0.15) is 4.68 Å². The molecule has 0 saturated carbocycles. The number of Topliss-reactive ketones (excluding diaryl/α,β-unsaturated/α-hetero) is 1. The number of hydrogen-bond acceptors (Lipinski definition) is 9. The number of benzene rings is 3. The van der Waals surface area contributed by atoms with Crippen LogP contribution in [-0.4, -0.2) is 61.9 Å². The first-order valence-electron chi connectivity index (χ1n) is 18.1. The molecule has 11 heteroatoms. The zero-order valence-electron chi connectivity index (χ0n) is 30.0. The van der Waals surface area contributed by atoms with Crippen molar-refractivity contribution in [2.75, 3.05) is 12.4 Å². The lowest BCUT2D eigenvalue weighted by Gasteiger charge is -2.30. The van der Waals surface area contributed by atoms with Crippen molar-refractivity contribution in [2.45, 2.75) is 113 Å². The van der Waals surface area contributed by atoms with Gasteiger partial charge in [-0.25, -0.2) is 4.79 Å². The number of anilines is 1. The fraction of sp³-hybridized carbons (Fsp3) is 0.450. The van der Waals surface area contributed by atoms with Gasteiger partial charge in [-0.1, -0.05) is 125 Å². The van der Waals surface area contributed by atoms with Crippen LogP contribution < -0.4 is 5.32 Å². The summed E-state index contributed by atoms with van der Waals surface area (Å²) in [6, 6.07) is 26.1. The first-order valence-corrected chi connectivity index (χ1v) is 18.9. The number of rotatable bonds is 23. The number of carbonyl (C=O) groups is 3. The van der Waals surface area contributed by atoms with E-state index in [0.717, 1.165) is 19.3 Å². The summed E-state index contributed by atoms with van der Waals surface area (Å²) in [5.41, 5.74) is 1.19. The van der Waals surface area contributed by atoms with Crippen molar-refractivity contribution in [3.8, 4) is 5.69 Å². The van der Waals surface area contributed by atoms with Crippen LogP contribution in [0.5, 0.6) is 0 Å². The minimum absolute atomic E-state index is 0.0590. The molecule has 0 spiro atoms. The number of nitrogens with one attached hydrogen (secondary N) is 1. The van der Waals surface area contributed by atoms with Crippen LogP contribution >= 0.6 is 11.8 Å². The standard InChI is InChI=1S/C40H51N5O5S/c1-4-5-6-7-8-9-10-11-21-28-35(30-29-31(2)49-3)50-38(48)40(36(46)32-22-15-12-16-23-32,37(47)41-33-24-17-13-18-25-33)51-39-42-43-44-45(39)34-26-19-14-20-27-34/h12-20,22-27,31,35H,4-11,21,28-30H2,1-3H3,(H,41,47). The van der Waals surface area contributed by atoms with Crippen molar-refractivity contribution in [2.24, 2.45) is 0 Å². The summed E-state index contributed by atoms with van der Waals surface area (Å²) in [5.74, 6) is -2.56. The average Bonchev–Trinajstić information content (AvgIpc) is 3.63. The molecule has 0 aliphatic carbocycles. The molecule has 3 aromatic carbocycles. The Morgan fingerprint density at radius 2 is 1.37 bits per heavy atom. The molecule has 0 saturated heterocycles. The van der Waals surface area contributed by atoms with Crippen molar-refractivity contribution in [1.82, 2.24) is 20.2 Å². The summed E-state index contributed by atoms with van der Waals surface area (Å²) in [6.07, 6.45) is 11.6. The maximum absolute atomic E-state index is 14.8. The Morgan fingerprint density at radius 1 is 0.784 bits per heavy atom. The van der Waals surface area contributed by atoms with Gasteiger partial charge in [-0.3, -0.25) is 9.59 Å². The van der Waals surface area contributed by atoms with E-state index in [1.807, 2.05) is 31.2 Å². The molecular weight excluding hydrogens is 663 g/mol. The second kappa shape index (κ2) is 21.1. The Balaban J connectivity index is 1.69. The van der Waals surface area contributed by atoms with Crippen LogP contribution in [-0.2, 0) is 19.1 Å². The van der Waals surface area contributed by atoms with Crippen molar-refractivity contribution in [3.63, 3.8) is 0 Å². The third-order valence-corrected chi connectivity index (χ3v) is 10.2. The summed E-state index contributed by atoms with van der Waals surface area (Å²) in [7, 11) is 1.65. The number of carbonyl (C=O) groups excluding carboxylic acids is 3. The lowest BCUT2D eigenvalue weighted by Crippen LogP contribution is -2.55. The minimum Gasteiger partial charge on any atom is -0.461 e. The molecule has 51 heavy (non-hydrogen) atoms. The number of hydrogen-bond donors (Lipinski definition) is 1. The first kappa shape index (κ1) is 39.4. The fourth-order valence-corrected chi connectivity index (χ4v) is 6.85. The molecule has 3 unspecified atom stereocenters. The molecule has 0 fully saturated rings. The van der Waals surface area contributed by atoms with Gasteiger partial charge in [0.15, 0.2) is 5.78 Å². The van der Waals surface area contributed by atoms with E-state index in [0.29, 0.717) is 42.4 Å². The van der Waals surface area contributed by atoms with Crippen LogP contribution in [0.3, 0.4) is 0 Å². The molecular formula is C40H51N5O5S. The molecule has 0 radical (unpaired) electrons. The molecule has 4 aromatic rings. The molecule has 1 N–H and O–H groups in total. The Labute approximate surface area is 306 Å². The molecule has 4 rings (SSSR count). The Hall–Kier alpha value is -4.35. The molecule has 0 aliphatic heterocycles. The summed E-state index contributed by atoms with van der Waals surface area (Å²) >= 11 is 0.683. The number of amides is 1. The summed E-state index contributed by atoms with van der Waals surface area (Å²) in [6.45, 7) is 4.19. The third kappa shape index (κ3) is 11.6. The topological polar surface area (TPSA) is 125 Å². The lowest BCUT2D eigenvalue weighted by molar-refractivity contribution is -0.153. The largest absolute Gasteiger partial charge is 0.461 e. The second-order valence-corrected chi connectivity index (χ2v) is 14.0. The van der Waals surface area contributed by atoms with Crippen LogP contribution in [0.15, 0.2) is 96.2 Å². The van der Waals surface area contributed by atoms with E-state index in [2.05, 4.69) is 27.8 Å². The van der Waals surface area contributed by atoms with E-state index in [1.165, 1.54) is 43.2 Å². The molecule has 1 amide bonds. The maximum atomic E-state index is 14.8. The number of nitrogens with zero attached hydrogens (tertiary/aromatic N) is 4. The van der Waals surface area contributed by atoms with Gasteiger partial charge >= 0.3 is 5.97 Å². The highest BCUT2D eigenvalue weighted by atomic mass is 32.2. The molecule has 0 aliphatic rings. The molecule has 10 nitrogen and oxygen atoms in total. The number of ketones is 1. The van der Waals surface area contributed by atoms with E-state index in [1.54, 1.807) is 73.8 Å². The van der Waals surface area contributed by atoms with E-state index in [4.69, 9.17) is 9.47 Å². The molecule has 1 heterocycles. The van der Waals surface area contributed by atoms with Gasteiger partial charge in [0.05, 0.1) is 11.8 Å². The highest BCUT2D eigenvalue weighted by molar-refractivity contribution is 8.03. The van der Waals surface area contributed by atoms with Gasteiger partial charge in [0.2, 0.25) is 5.16 Å². The number of para-hydroxylation sites is 2. The summed E-state index contributed by atoms with van der Waals surface area (Å²) in [4.78, 5) is 44.2. The highest BCUT2D eigenvalue weighted by Gasteiger charge is 2.57. The van der Waals surface area contributed by atoms with Gasteiger partial charge in [-0.05, 0) is 79.1 Å². The van der Waals surface area contributed by atoms with Crippen LogP contribution in [0.25, 0.3) is 5.69 Å². The maximum Gasteiger partial charge on any atom is 0.340 e. The van der Waals surface area contributed by atoms with E-state index in [-0.39, 0.29) is 16.8 Å². The SMILES string of the molecule is CCCCCCCCCCCC(CCC(C)OC)OC(=O)C(Sc1nnnn1-c1ccccc1)(C(=O)Nc1ccccc1)C(=O)c1ccccc1. The Kier molecular flexibility index (Phi) is 16.3. The van der Waals surface area contributed by atoms with Crippen LogP contribution in [0, 0.1) is 0 Å². The van der Waals surface area contributed by atoms with Gasteiger partial charge in [-0.15, -0.1) is 5.10 Å².